The number of hydrogen-bond donors (Lipinski definition) is 2. The van der Waals surface area contributed by atoms with Gasteiger partial charge in [0.05, 0.1) is 12.2 Å². The molecule has 0 atom stereocenters. The molecule has 60 heavy (non-hydrogen) atoms. The Morgan fingerprint density at radius 1 is 0.367 bits per heavy atom. The van der Waals surface area contributed by atoms with Gasteiger partial charge in [-0.05, 0) is 106 Å². The van der Waals surface area contributed by atoms with Crippen LogP contribution in [0, 0.1) is 0 Å². The molecular formula is C56H74N2O2. The lowest BCUT2D eigenvalue weighted by atomic mass is 9.62. The van der Waals surface area contributed by atoms with Gasteiger partial charge in [0, 0.05) is 60.2 Å². The number of nitrogens with zero attached hydrogens (tertiary/aromatic N) is 2. The van der Waals surface area contributed by atoms with E-state index in [1.165, 1.54) is 146 Å². The Hall–Kier alpha value is -4.12. The van der Waals surface area contributed by atoms with Crippen LogP contribution in [-0.2, 0) is 0 Å². The number of unbranched alkanes of at least 4 members (excludes halogenated alkanes) is 12. The van der Waals surface area contributed by atoms with Crippen LogP contribution < -0.4 is 9.80 Å². The molecule has 1 fully saturated rings. The van der Waals surface area contributed by atoms with Crippen molar-refractivity contribution in [2.45, 2.75) is 154 Å². The number of rotatable bonds is 24. The molecule has 0 radical (unpaired) electrons. The minimum absolute atomic E-state index is 0.376. The predicted molar refractivity (Wildman–Crippen MR) is 261 cm³/mol. The molecule has 1 aliphatic carbocycles. The molecule has 1 saturated carbocycles. The normalized spacial score (nSPS) is 17.8. The minimum atomic E-state index is -0.709. The molecule has 0 aliphatic heterocycles. The Kier molecular flexibility index (Phi) is 15.8. The van der Waals surface area contributed by atoms with E-state index in [1.807, 2.05) is 0 Å². The highest BCUT2D eigenvalue weighted by molar-refractivity contribution is 6.07. The van der Waals surface area contributed by atoms with Crippen LogP contribution in [0.25, 0.3) is 43.1 Å². The molecule has 1 aliphatic rings. The fourth-order valence-corrected chi connectivity index (χ4v) is 10.3. The van der Waals surface area contributed by atoms with Crippen LogP contribution in [-0.4, -0.2) is 48.6 Å². The Bertz CT molecular complexity index is 2090. The van der Waals surface area contributed by atoms with Gasteiger partial charge in [0.1, 0.15) is 0 Å². The van der Waals surface area contributed by atoms with Crippen LogP contribution in [0.3, 0.4) is 0 Å². The Labute approximate surface area is 362 Å². The van der Waals surface area contributed by atoms with E-state index in [9.17, 15) is 10.2 Å². The Morgan fingerprint density at radius 2 is 0.667 bits per heavy atom. The second-order valence-corrected chi connectivity index (χ2v) is 18.1. The first kappa shape index (κ1) is 44.0. The molecule has 4 heteroatoms. The van der Waals surface area contributed by atoms with E-state index >= 15 is 0 Å². The predicted octanol–water partition coefficient (Wildman–Crippen LogP) is 14.8. The van der Waals surface area contributed by atoms with Gasteiger partial charge in [-0.1, -0.05) is 165 Å². The summed E-state index contributed by atoms with van der Waals surface area (Å²) < 4.78 is 0. The summed E-state index contributed by atoms with van der Waals surface area (Å²) in [7, 11) is 0. The van der Waals surface area contributed by atoms with Gasteiger partial charge in [-0.3, -0.25) is 0 Å². The van der Waals surface area contributed by atoms with E-state index in [-0.39, 0.29) is 11.8 Å². The topological polar surface area (TPSA) is 46.9 Å². The zero-order chi connectivity index (χ0) is 41.8. The minimum Gasteiger partial charge on any atom is -0.392 e. The second-order valence-electron chi connectivity index (χ2n) is 18.1. The van der Waals surface area contributed by atoms with Gasteiger partial charge in [-0.15, -0.1) is 0 Å². The molecule has 0 bridgehead atoms. The molecule has 0 aromatic heterocycles. The lowest BCUT2D eigenvalue weighted by Crippen LogP contribution is -2.51. The van der Waals surface area contributed by atoms with Crippen molar-refractivity contribution in [2.75, 3.05) is 36.0 Å². The molecular weight excluding hydrogens is 733 g/mol. The van der Waals surface area contributed by atoms with Crippen molar-refractivity contribution in [1.29, 1.82) is 0 Å². The smallest absolute Gasteiger partial charge is 0.0727 e. The van der Waals surface area contributed by atoms with E-state index in [4.69, 9.17) is 0 Å². The zero-order valence-electron chi connectivity index (χ0n) is 37.5. The average Bonchev–Trinajstić information content (AvgIpc) is 3.27. The van der Waals surface area contributed by atoms with Crippen molar-refractivity contribution in [3.05, 3.63) is 108 Å². The van der Waals surface area contributed by atoms with E-state index in [0.717, 1.165) is 48.1 Å². The van der Waals surface area contributed by atoms with E-state index in [2.05, 4.69) is 135 Å². The first-order valence-corrected chi connectivity index (χ1v) is 24.3. The van der Waals surface area contributed by atoms with E-state index in [0.29, 0.717) is 0 Å². The van der Waals surface area contributed by atoms with Crippen LogP contribution in [0.4, 0.5) is 11.4 Å². The van der Waals surface area contributed by atoms with Gasteiger partial charge >= 0.3 is 0 Å². The number of fused-ring (bicyclic) bond motifs is 4. The van der Waals surface area contributed by atoms with Gasteiger partial charge in [-0.25, -0.2) is 0 Å². The third-order valence-electron chi connectivity index (χ3n) is 13.8. The van der Waals surface area contributed by atoms with Gasteiger partial charge < -0.3 is 20.0 Å². The summed E-state index contributed by atoms with van der Waals surface area (Å²) in [5.74, 6) is -0.752. The van der Waals surface area contributed by atoms with Gasteiger partial charge in [0.25, 0.3) is 0 Å². The average molecular weight is 807 g/mol. The number of benzene rings is 6. The summed E-state index contributed by atoms with van der Waals surface area (Å²) in [6.45, 7) is 13.4. The van der Waals surface area contributed by atoms with Crippen LogP contribution in [0.2, 0.25) is 0 Å². The highest BCUT2D eigenvalue weighted by atomic mass is 16.3. The summed E-state index contributed by atoms with van der Waals surface area (Å²) >= 11 is 0. The first-order valence-electron chi connectivity index (χ1n) is 24.3. The summed E-state index contributed by atoms with van der Waals surface area (Å²) in [5.41, 5.74) is 4.69. The second kappa shape index (κ2) is 21.6. The van der Waals surface area contributed by atoms with Crippen molar-refractivity contribution in [1.82, 2.24) is 0 Å². The van der Waals surface area contributed by atoms with E-state index in [1.54, 1.807) is 0 Å². The van der Waals surface area contributed by atoms with Gasteiger partial charge in [0.15, 0.2) is 0 Å². The fraction of sp³-hybridized carbons (Fsp3) is 0.500. The lowest BCUT2D eigenvalue weighted by Gasteiger charge is -2.48. The van der Waals surface area contributed by atoms with Crippen molar-refractivity contribution in [3.63, 3.8) is 0 Å². The Morgan fingerprint density at radius 3 is 0.967 bits per heavy atom. The molecule has 6 aromatic carbocycles. The van der Waals surface area contributed by atoms with Crippen molar-refractivity contribution >= 4 is 54.5 Å². The standard InChI is InChI=1S/C56H74N2O2/c1-5-9-13-21-33-57(34-22-14-10-6-2)51-31-29-45(47-37-41-25-17-19-27-43(41)39-49(47)51)53-55(59)54(56(53)60)46-30-32-52(50-40-44-28-20-18-26-42(44)38-48(46)50)58(35-23-15-11-7-3)36-24-16-12-8-4/h17-20,25-32,37-40,53-56,59-60H,5-16,21-24,33-36H2,1-4H3. The molecule has 320 valence electrons. The summed E-state index contributed by atoms with van der Waals surface area (Å²) in [6, 6.07) is 35.8. The van der Waals surface area contributed by atoms with Gasteiger partial charge in [0.2, 0.25) is 0 Å². The molecule has 0 heterocycles. The van der Waals surface area contributed by atoms with Crippen molar-refractivity contribution in [3.8, 4) is 0 Å². The molecule has 0 saturated heterocycles. The molecule has 6 aromatic rings. The lowest BCUT2D eigenvalue weighted by molar-refractivity contribution is -0.0775. The molecule has 0 amide bonds. The van der Waals surface area contributed by atoms with Crippen LogP contribution >= 0.6 is 0 Å². The third kappa shape index (κ3) is 9.82. The van der Waals surface area contributed by atoms with Crippen molar-refractivity contribution in [2.24, 2.45) is 0 Å². The maximum Gasteiger partial charge on any atom is 0.0727 e. The number of anilines is 2. The molecule has 2 N–H and O–H groups in total. The summed E-state index contributed by atoms with van der Waals surface area (Å²) in [6.07, 6.45) is 18.4. The molecule has 0 unspecified atom stereocenters. The van der Waals surface area contributed by atoms with Crippen LogP contribution in [0.1, 0.15) is 153 Å². The van der Waals surface area contributed by atoms with Crippen LogP contribution in [0.5, 0.6) is 0 Å². The molecule has 7 rings (SSSR count). The quantitative estimate of drug-likeness (QED) is 0.0472. The number of aliphatic hydroxyl groups excluding tert-OH is 2. The van der Waals surface area contributed by atoms with Crippen LogP contribution in [0.15, 0.2) is 97.1 Å². The highest BCUT2D eigenvalue weighted by Gasteiger charge is 2.51. The van der Waals surface area contributed by atoms with Gasteiger partial charge in [-0.2, -0.15) is 0 Å². The fourth-order valence-electron chi connectivity index (χ4n) is 10.3. The first-order chi connectivity index (χ1) is 29.5. The maximum atomic E-state index is 12.4. The zero-order valence-corrected chi connectivity index (χ0v) is 37.5. The number of aliphatic hydroxyl groups is 2. The molecule has 4 nitrogen and oxygen atoms in total. The van der Waals surface area contributed by atoms with Crippen molar-refractivity contribution < 1.29 is 10.2 Å². The highest BCUT2D eigenvalue weighted by Crippen LogP contribution is 2.53. The largest absolute Gasteiger partial charge is 0.392 e. The SMILES string of the molecule is CCCCCCN(CCCCCC)c1ccc(C2C(O)C(c3ccc(N(CCCCCC)CCCCCC)c4cc5ccccc5cc34)C2O)c2cc3ccccc3cc12. The third-order valence-corrected chi connectivity index (χ3v) is 13.8. The summed E-state index contributed by atoms with van der Waals surface area (Å²) in [4.78, 5) is 5.27. The molecule has 0 spiro atoms. The van der Waals surface area contributed by atoms with E-state index < -0.39 is 12.2 Å². The summed E-state index contributed by atoms with van der Waals surface area (Å²) in [5, 5.41) is 34.5. The maximum absolute atomic E-state index is 12.4. The monoisotopic (exact) mass is 807 g/mol. The number of hydrogen-bond acceptors (Lipinski definition) is 4. The Balaban J connectivity index is 1.26.